The van der Waals surface area contributed by atoms with E-state index in [9.17, 15) is 14.0 Å². The number of aromatic nitrogens is 7. The highest BCUT2D eigenvalue weighted by molar-refractivity contribution is 6.02. The van der Waals surface area contributed by atoms with Gasteiger partial charge < -0.3 is 16.0 Å². The number of carbonyl (C=O) groups excluding carboxylic acids is 1. The number of aromatic amines is 1. The molecule has 4 aromatic heterocycles. The van der Waals surface area contributed by atoms with Crippen molar-refractivity contribution in [3.05, 3.63) is 71.0 Å². The molecule has 12 nitrogen and oxygen atoms in total. The molecule has 4 N–H and O–H groups in total. The van der Waals surface area contributed by atoms with Crippen LogP contribution in [0.2, 0.25) is 0 Å². The molecule has 0 saturated carbocycles. The van der Waals surface area contributed by atoms with Crippen LogP contribution in [-0.4, -0.2) is 47.8 Å². The van der Waals surface area contributed by atoms with Gasteiger partial charge >= 0.3 is 6.03 Å². The molecule has 0 fully saturated rings. The van der Waals surface area contributed by atoms with Gasteiger partial charge in [-0.05, 0) is 37.6 Å². The summed E-state index contributed by atoms with van der Waals surface area (Å²) in [5.41, 5.74) is 1.88. The van der Waals surface area contributed by atoms with Crippen molar-refractivity contribution >= 4 is 34.4 Å². The third-order valence-electron chi connectivity index (χ3n) is 6.52. The topological polar surface area (TPSA) is 155 Å². The monoisotopic (exact) mass is 570 g/mol. The van der Waals surface area contributed by atoms with Crippen molar-refractivity contribution in [2.45, 2.75) is 46.1 Å². The second-order valence-corrected chi connectivity index (χ2v) is 11.0. The SMILES string of the molecule is CNc1ncc2cc(-c3ccc(F)c(NC(=O)Nc4cnc(C(C)(C)C)nc4-c4cn[nH]c4)c3)c(=O)n(C(C)C)c2n1. The third-order valence-corrected chi connectivity index (χ3v) is 6.52. The number of nitrogens with zero attached hydrogens (tertiary/aromatic N) is 6. The molecule has 4 heterocycles. The Morgan fingerprint density at radius 3 is 2.43 bits per heavy atom. The number of halogens is 1. The Bertz CT molecular complexity index is 1840. The third kappa shape index (κ3) is 5.53. The standard InChI is InChI=1S/C29H31FN10O2/c1-15(2)40-24-17(11-33-27(31-6)39-24)9-19(25(40)41)16-7-8-20(30)21(10-16)36-28(42)37-22-14-32-26(29(3,4)5)38-23(22)18-12-34-35-13-18/h7-15H,1-6H3,(H,34,35)(H,31,33,39)(H2,36,37,42). The molecule has 0 unspecified atom stereocenters. The number of amides is 2. The predicted molar refractivity (Wildman–Crippen MR) is 160 cm³/mol. The summed E-state index contributed by atoms with van der Waals surface area (Å²) in [6.45, 7) is 9.70. The zero-order valence-electron chi connectivity index (χ0n) is 24.1. The maximum atomic E-state index is 14.9. The molecule has 0 atom stereocenters. The van der Waals surface area contributed by atoms with Crippen molar-refractivity contribution in [1.29, 1.82) is 0 Å². The summed E-state index contributed by atoms with van der Waals surface area (Å²) >= 11 is 0. The number of hydrogen-bond donors (Lipinski definition) is 4. The molecule has 13 heteroatoms. The number of nitrogens with one attached hydrogen (secondary N) is 4. The van der Waals surface area contributed by atoms with Crippen molar-refractivity contribution in [2.75, 3.05) is 23.0 Å². The highest BCUT2D eigenvalue weighted by atomic mass is 19.1. The van der Waals surface area contributed by atoms with Gasteiger partial charge in [0.15, 0.2) is 0 Å². The molecule has 0 aliphatic carbocycles. The number of fused-ring (bicyclic) bond motifs is 1. The molecular formula is C29H31FN10O2. The van der Waals surface area contributed by atoms with Crippen LogP contribution >= 0.6 is 0 Å². The summed E-state index contributed by atoms with van der Waals surface area (Å²) in [7, 11) is 1.70. The maximum Gasteiger partial charge on any atom is 0.323 e. The largest absolute Gasteiger partial charge is 0.357 e. The Hall–Kier alpha value is -5.20. The van der Waals surface area contributed by atoms with E-state index >= 15 is 0 Å². The quantitative estimate of drug-likeness (QED) is 0.213. The van der Waals surface area contributed by atoms with E-state index in [0.29, 0.717) is 50.9 Å². The maximum absolute atomic E-state index is 14.9. The number of carbonyl (C=O) groups is 1. The van der Waals surface area contributed by atoms with E-state index in [4.69, 9.17) is 0 Å². The summed E-state index contributed by atoms with van der Waals surface area (Å²) in [5.74, 6) is 0.298. The van der Waals surface area contributed by atoms with Gasteiger partial charge in [0.2, 0.25) is 5.95 Å². The summed E-state index contributed by atoms with van der Waals surface area (Å²) in [5, 5.41) is 15.5. The highest BCUT2D eigenvalue weighted by Gasteiger charge is 2.22. The van der Waals surface area contributed by atoms with Crippen molar-refractivity contribution in [3.8, 4) is 22.4 Å². The minimum atomic E-state index is -0.714. The van der Waals surface area contributed by atoms with Crippen LogP contribution in [0.15, 0.2) is 53.8 Å². The van der Waals surface area contributed by atoms with Crippen LogP contribution in [0.5, 0.6) is 0 Å². The van der Waals surface area contributed by atoms with Crippen molar-refractivity contribution < 1.29 is 9.18 Å². The Kier molecular flexibility index (Phi) is 7.42. The Labute approximate surface area is 240 Å². The van der Waals surface area contributed by atoms with Crippen molar-refractivity contribution in [1.82, 2.24) is 34.7 Å². The van der Waals surface area contributed by atoms with E-state index < -0.39 is 11.8 Å². The van der Waals surface area contributed by atoms with Crippen LogP contribution in [-0.2, 0) is 5.41 Å². The molecule has 5 aromatic rings. The zero-order chi connectivity index (χ0) is 30.2. The lowest BCUT2D eigenvalue weighted by Crippen LogP contribution is -2.25. The van der Waals surface area contributed by atoms with E-state index in [1.54, 1.807) is 36.3 Å². The lowest BCUT2D eigenvalue weighted by Gasteiger charge is -2.19. The summed E-state index contributed by atoms with van der Waals surface area (Å²) < 4.78 is 16.5. The fraction of sp³-hybridized carbons (Fsp3) is 0.276. The second kappa shape index (κ2) is 11.0. The van der Waals surface area contributed by atoms with Crippen LogP contribution in [0.3, 0.4) is 0 Å². The van der Waals surface area contributed by atoms with Crippen molar-refractivity contribution in [3.63, 3.8) is 0 Å². The number of H-pyrrole nitrogens is 1. The van der Waals surface area contributed by atoms with E-state index in [-0.39, 0.29) is 22.7 Å². The average Bonchev–Trinajstić information content (AvgIpc) is 3.48. The number of benzene rings is 1. The Morgan fingerprint density at radius 2 is 1.76 bits per heavy atom. The molecule has 0 radical (unpaired) electrons. The number of urea groups is 1. The fourth-order valence-electron chi connectivity index (χ4n) is 4.43. The average molecular weight is 571 g/mol. The highest BCUT2D eigenvalue weighted by Crippen LogP contribution is 2.29. The number of anilines is 3. The van der Waals surface area contributed by atoms with Gasteiger partial charge in [0.25, 0.3) is 5.56 Å². The molecule has 0 bridgehead atoms. The molecule has 0 spiro atoms. The molecule has 0 aliphatic rings. The van der Waals surface area contributed by atoms with Crippen LogP contribution in [0, 0.1) is 5.82 Å². The number of pyridine rings is 1. The van der Waals surface area contributed by atoms with E-state index in [2.05, 4.69) is 46.1 Å². The molecule has 0 saturated heterocycles. The van der Waals surface area contributed by atoms with E-state index in [0.717, 1.165) is 0 Å². The molecule has 5 rings (SSSR count). The Balaban J connectivity index is 1.49. The zero-order valence-corrected chi connectivity index (χ0v) is 24.1. The smallest absolute Gasteiger partial charge is 0.323 e. The molecule has 0 aliphatic heterocycles. The van der Waals surface area contributed by atoms with Crippen LogP contribution in [0.4, 0.5) is 26.5 Å². The van der Waals surface area contributed by atoms with Gasteiger partial charge in [-0.1, -0.05) is 26.8 Å². The van der Waals surface area contributed by atoms with Gasteiger partial charge in [-0.2, -0.15) is 10.1 Å². The predicted octanol–water partition coefficient (Wildman–Crippen LogP) is 5.34. The molecule has 42 heavy (non-hydrogen) atoms. The van der Waals surface area contributed by atoms with Crippen LogP contribution < -0.4 is 21.5 Å². The Morgan fingerprint density at radius 1 is 1.00 bits per heavy atom. The summed E-state index contributed by atoms with van der Waals surface area (Å²) in [4.78, 5) is 44.5. The van der Waals surface area contributed by atoms with E-state index in [1.807, 2.05) is 34.6 Å². The molecule has 2 amide bonds. The van der Waals surface area contributed by atoms with Gasteiger partial charge in [-0.25, -0.2) is 24.1 Å². The number of hydrogen-bond acceptors (Lipinski definition) is 8. The molecule has 216 valence electrons. The lowest BCUT2D eigenvalue weighted by molar-refractivity contribution is 0.262. The van der Waals surface area contributed by atoms with Gasteiger partial charge in [-0.15, -0.1) is 0 Å². The van der Waals surface area contributed by atoms with Crippen molar-refractivity contribution in [2.24, 2.45) is 0 Å². The van der Waals surface area contributed by atoms with Gasteiger partial charge in [0, 0.05) is 47.4 Å². The number of rotatable bonds is 6. The first-order valence-electron chi connectivity index (χ1n) is 13.3. The van der Waals surface area contributed by atoms with Gasteiger partial charge in [-0.3, -0.25) is 14.5 Å². The first-order chi connectivity index (χ1) is 20.0. The van der Waals surface area contributed by atoms with Gasteiger partial charge in [0.1, 0.15) is 23.0 Å². The fourth-order valence-corrected chi connectivity index (χ4v) is 4.43. The van der Waals surface area contributed by atoms with Crippen LogP contribution in [0.25, 0.3) is 33.4 Å². The summed E-state index contributed by atoms with van der Waals surface area (Å²) in [6.07, 6.45) is 6.36. The lowest BCUT2D eigenvalue weighted by atomic mass is 9.95. The minimum Gasteiger partial charge on any atom is -0.357 e. The molecule has 1 aromatic carbocycles. The normalized spacial score (nSPS) is 11.6. The van der Waals surface area contributed by atoms with Crippen LogP contribution in [0.1, 0.15) is 46.5 Å². The molecular weight excluding hydrogens is 539 g/mol. The minimum absolute atomic E-state index is 0.112. The van der Waals surface area contributed by atoms with Gasteiger partial charge in [0.05, 0.1) is 23.8 Å². The first kappa shape index (κ1) is 28.3. The second-order valence-electron chi connectivity index (χ2n) is 11.0. The van der Waals surface area contributed by atoms with E-state index in [1.165, 1.54) is 24.4 Å². The first-order valence-corrected chi connectivity index (χ1v) is 13.3. The summed E-state index contributed by atoms with van der Waals surface area (Å²) in [6, 6.07) is 4.85.